The molecule has 3 nitrogen and oxygen atoms in total. The Morgan fingerprint density at radius 3 is 2.68 bits per heavy atom. The summed E-state index contributed by atoms with van der Waals surface area (Å²) in [7, 11) is 1.63. The molecule has 19 heavy (non-hydrogen) atoms. The molecular formula is C16H23NO2. The van der Waals surface area contributed by atoms with E-state index < -0.39 is 0 Å². The van der Waals surface area contributed by atoms with Gasteiger partial charge in [-0.2, -0.15) is 0 Å². The van der Waals surface area contributed by atoms with Crippen molar-refractivity contribution >= 4 is 11.6 Å². The first-order valence-corrected chi connectivity index (χ1v) is 7.17. The van der Waals surface area contributed by atoms with Crippen LogP contribution in [0.4, 0.5) is 5.69 Å². The smallest absolute Gasteiger partial charge is 0.227 e. The number of carbonyl (C=O) groups excluding carboxylic acids is 1. The van der Waals surface area contributed by atoms with Gasteiger partial charge in [0.05, 0.1) is 7.11 Å². The molecule has 1 aromatic rings. The number of rotatable bonds is 4. The number of ether oxygens (including phenoxy) is 1. The minimum absolute atomic E-state index is 0.155. The molecule has 1 saturated carbocycles. The van der Waals surface area contributed by atoms with Crippen molar-refractivity contribution < 1.29 is 9.53 Å². The molecule has 0 aliphatic heterocycles. The maximum absolute atomic E-state index is 12.2. The summed E-state index contributed by atoms with van der Waals surface area (Å²) in [5.41, 5.74) is 0.821. The first-order chi connectivity index (χ1) is 9.22. The number of benzene rings is 1. The van der Waals surface area contributed by atoms with Crippen LogP contribution < -0.4 is 10.1 Å². The Bertz CT molecular complexity index is 423. The maximum Gasteiger partial charge on any atom is 0.227 e. The lowest BCUT2D eigenvalue weighted by Crippen LogP contribution is -2.27. The Morgan fingerprint density at radius 2 is 2.05 bits per heavy atom. The van der Waals surface area contributed by atoms with Gasteiger partial charge in [0, 0.05) is 17.7 Å². The van der Waals surface area contributed by atoms with E-state index in [-0.39, 0.29) is 11.8 Å². The normalized spacial score (nSPS) is 22.8. The van der Waals surface area contributed by atoms with Crippen LogP contribution in [-0.4, -0.2) is 13.0 Å². The average Bonchev–Trinajstić information content (AvgIpc) is 2.47. The number of carbonyl (C=O) groups is 1. The van der Waals surface area contributed by atoms with Crippen molar-refractivity contribution in [2.75, 3.05) is 12.4 Å². The highest BCUT2D eigenvalue weighted by molar-refractivity contribution is 5.92. The molecule has 1 amide bonds. The molecule has 0 heterocycles. The van der Waals surface area contributed by atoms with Gasteiger partial charge >= 0.3 is 0 Å². The minimum atomic E-state index is 0.155. The van der Waals surface area contributed by atoms with Gasteiger partial charge in [-0.15, -0.1) is 0 Å². The monoisotopic (exact) mass is 261 g/mol. The first-order valence-electron chi connectivity index (χ1n) is 7.17. The second-order valence-corrected chi connectivity index (χ2v) is 5.35. The third-order valence-electron chi connectivity index (χ3n) is 4.13. The zero-order chi connectivity index (χ0) is 13.7. The van der Waals surface area contributed by atoms with Crippen LogP contribution in [0.5, 0.6) is 5.75 Å². The largest absolute Gasteiger partial charge is 0.497 e. The van der Waals surface area contributed by atoms with Crippen LogP contribution in [0, 0.1) is 11.8 Å². The fraction of sp³-hybridized carbons (Fsp3) is 0.562. The quantitative estimate of drug-likeness (QED) is 0.894. The van der Waals surface area contributed by atoms with E-state index in [0.29, 0.717) is 0 Å². The Kier molecular flexibility index (Phi) is 4.83. The summed E-state index contributed by atoms with van der Waals surface area (Å²) in [6.45, 7) is 2.24. The lowest BCUT2D eigenvalue weighted by Gasteiger charge is -2.26. The standard InChI is InChI=1S/C16H23NO2/c1-3-12-7-9-13(10-8-12)16(18)17-14-5-4-6-15(11-14)19-2/h4-6,11-13H,3,7-10H2,1-2H3,(H,17,18). The van der Waals surface area contributed by atoms with Crippen molar-refractivity contribution in [1.29, 1.82) is 0 Å². The van der Waals surface area contributed by atoms with Crippen molar-refractivity contribution in [1.82, 2.24) is 0 Å². The highest BCUT2D eigenvalue weighted by Crippen LogP contribution is 2.31. The molecule has 0 spiro atoms. The van der Waals surface area contributed by atoms with Crippen molar-refractivity contribution in [2.24, 2.45) is 11.8 Å². The molecular weight excluding hydrogens is 238 g/mol. The van der Waals surface area contributed by atoms with Crippen LogP contribution in [0.3, 0.4) is 0 Å². The Balaban J connectivity index is 1.90. The molecule has 1 fully saturated rings. The van der Waals surface area contributed by atoms with Gasteiger partial charge in [0.1, 0.15) is 5.75 Å². The molecule has 2 rings (SSSR count). The van der Waals surface area contributed by atoms with E-state index in [2.05, 4.69) is 12.2 Å². The number of anilines is 1. The van der Waals surface area contributed by atoms with Gasteiger partial charge in [-0.25, -0.2) is 0 Å². The van der Waals surface area contributed by atoms with Gasteiger partial charge < -0.3 is 10.1 Å². The second-order valence-electron chi connectivity index (χ2n) is 5.35. The summed E-state index contributed by atoms with van der Waals surface area (Å²) < 4.78 is 5.16. The molecule has 104 valence electrons. The summed E-state index contributed by atoms with van der Waals surface area (Å²) >= 11 is 0. The molecule has 3 heteroatoms. The molecule has 0 bridgehead atoms. The van der Waals surface area contributed by atoms with Gasteiger partial charge in [-0.3, -0.25) is 4.79 Å². The predicted molar refractivity (Wildman–Crippen MR) is 77.4 cm³/mol. The van der Waals surface area contributed by atoms with Gasteiger partial charge in [0.25, 0.3) is 0 Å². The molecule has 0 unspecified atom stereocenters. The summed E-state index contributed by atoms with van der Waals surface area (Å²) in [4.78, 5) is 12.2. The van der Waals surface area contributed by atoms with E-state index in [9.17, 15) is 4.79 Å². The van der Waals surface area contributed by atoms with Crippen LogP contribution in [0.1, 0.15) is 39.0 Å². The topological polar surface area (TPSA) is 38.3 Å². The lowest BCUT2D eigenvalue weighted by atomic mass is 9.80. The van der Waals surface area contributed by atoms with Crippen LogP contribution in [-0.2, 0) is 4.79 Å². The maximum atomic E-state index is 12.2. The van der Waals surface area contributed by atoms with E-state index in [1.54, 1.807) is 7.11 Å². The number of hydrogen-bond acceptors (Lipinski definition) is 2. The van der Waals surface area contributed by atoms with Gasteiger partial charge in [0.15, 0.2) is 0 Å². The Morgan fingerprint density at radius 1 is 1.32 bits per heavy atom. The number of hydrogen-bond donors (Lipinski definition) is 1. The van der Waals surface area contributed by atoms with E-state index in [1.807, 2.05) is 24.3 Å². The zero-order valence-corrected chi connectivity index (χ0v) is 11.8. The molecule has 1 N–H and O–H groups in total. The van der Waals surface area contributed by atoms with Crippen molar-refractivity contribution in [3.05, 3.63) is 24.3 Å². The molecule has 0 radical (unpaired) electrons. The first kappa shape index (κ1) is 13.9. The van der Waals surface area contributed by atoms with Crippen LogP contribution in [0.2, 0.25) is 0 Å². The number of nitrogens with one attached hydrogen (secondary N) is 1. The fourth-order valence-corrected chi connectivity index (χ4v) is 2.78. The zero-order valence-electron chi connectivity index (χ0n) is 11.8. The average molecular weight is 261 g/mol. The Labute approximate surface area is 115 Å². The molecule has 0 saturated heterocycles. The molecule has 1 aliphatic rings. The predicted octanol–water partition coefficient (Wildman–Crippen LogP) is 3.85. The third-order valence-corrected chi connectivity index (χ3v) is 4.13. The molecule has 0 aromatic heterocycles. The third kappa shape index (κ3) is 3.72. The number of amides is 1. The number of methoxy groups -OCH3 is 1. The highest BCUT2D eigenvalue weighted by Gasteiger charge is 2.25. The van der Waals surface area contributed by atoms with Gasteiger partial charge in [-0.1, -0.05) is 19.4 Å². The summed E-state index contributed by atoms with van der Waals surface area (Å²) in [6.07, 6.45) is 5.66. The van der Waals surface area contributed by atoms with Gasteiger partial charge in [-0.05, 0) is 43.7 Å². The summed E-state index contributed by atoms with van der Waals surface area (Å²) in [5.74, 6) is 1.92. The van der Waals surface area contributed by atoms with Crippen molar-refractivity contribution in [3.8, 4) is 5.75 Å². The van der Waals surface area contributed by atoms with E-state index in [4.69, 9.17) is 4.74 Å². The molecule has 0 atom stereocenters. The highest BCUT2D eigenvalue weighted by atomic mass is 16.5. The Hall–Kier alpha value is -1.51. The molecule has 1 aromatic carbocycles. The fourth-order valence-electron chi connectivity index (χ4n) is 2.78. The van der Waals surface area contributed by atoms with Crippen LogP contribution in [0.15, 0.2) is 24.3 Å². The molecule has 1 aliphatic carbocycles. The van der Waals surface area contributed by atoms with E-state index in [0.717, 1.165) is 30.2 Å². The van der Waals surface area contributed by atoms with Crippen LogP contribution in [0.25, 0.3) is 0 Å². The minimum Gasteiger partial charge on any atom is -0.497 e. The van der Waals surface area contributed by atoms with E-state index >= 15 is 0 Å². The van der Waals surface area contributed by atoms with E-state index in [1.165, 1.54) is 19.3 Å². The van der Waals surface area contributed by atoms with Crippen molar-refractivity contribution in [2.45, 2.75) is 39.0 Å². The van der Waals surface area contributed by atoms with Crippen LogP contribution >= 0.6 is 0 Å². The van der Waals surface area contributed by atoms with Crippen molar-refractivity contribution in [3.63, 3.8) is 0 Å². The summed E-state index contributed by atoms with van der Waals surface area (Å²) in [6, 6.07) is 7.53. The SMILES string of the molecule is CCC1CCC(C(=O)Nc2cccc(OC)c2)CC1. The second kappa shape index (κ2) is 6.60. The summed E-state index contributed by atoms with van der Waals surface area (Å²) in [5, 5.41) is 3.00. The van der Waals surface area contributed by atoms with Gasteiger partial charge in [0.2, 0.25) is 5.91 Å². The lowest BCUT2D eigenvalue weighted by molar-refractivity contribution is -0.121.